The predicted molar refractivity (Wildman–Crippen MR) is 73.4 cm³/mol. The summed E-state index contributed by atoms with van der Waals surface area (Å²) in [5, 5.41) is 2.58. The molecule has 0 aromatic heterocycles. The molecule has 2 amide bonds. The van der Waals surface area contributed by atoms with Crippen LogP contribution in [0.3, 0.4) is 0 Å². The molecular weight excluding hydrogens is 297 g/mol. The molecule has 2 atom stereocenters. The molecule has 1 N–H and O–H groups in total. The van der Waals surface area contributed by atoms with E-state index >= 15 is 0 Å². The molecule has 1 aromatic carbocycles. The average molecular weight is 312 g/mol. The molecule has 118 valence electrons. The van der Waals surface area contributed by atoms with Gasteiger partial charge in [0, 0.05) is 12.3 Å². The Labute approximate surface area is 125 Å². The van der Waals surface area contributed by atoms with Gasteiger partial charge in [-0.2, -0.15) is 13.2 Å². The number of hydrogen-bond acceptors (Lipinski definition) is 2. The second kappa shape index (κ2) is 5.82. The minimum Gasteiger partial charge on any atom is -0.332 e. The first-order valence-electron chi connectivity index (χ1n) is 6.68. The predicted octanol–water partition coefficient (Wildman–Crippen LogP) is 2.63. The second-order valence-corrected chi connectivity index (χ2v) is 5.09. The second-order valence-electron chi connectivity index (χ2n) is 5.09. The Kier molecular flexibility index (Phi) is 4.25. The van der Waals surface area contributed by atoms with Crippen molar-refractivity contribution >= 4 is 11.8 Å². The molecule has 4 nitrogen and oxygen atoms in total. The van der Waals surface area contributed by atoms with Gasteiger partial charge in [0.25, 0.3) is 0 Å². The summed E-state index contributed by atoms with van der Waals surface area (Å²) in [5.74, 6) is -1.22. The van der Waals surface area contributed by atoms with E-state index in [-0.39, 0.29) is 11.8 Å². The molecule has 7 heteroatoms. The minimum atomic E-state index is -4.40. The lowest BCUT2D eigenvalue weighted by Gasteiger charge is -2.31. The van der Waals surface area contributed by atoms with Crippen LogP contribution in [0.2, 0.25) is 0 Å². The number of halogens is 3. The van der Waals surface area contributed by atoms with Crippen molar-refractivity contribution in [2.24, 2.45) is 0 Å². The molecule has 1 aliphatic heterocycles. The quantitative estimate of drug-likeness (QED) is 0.912. The highest BCUT2D eigenvalue weighted by atomic mass is 19.4. The van der Waals surface area contributed by atoms with Crippen molar-refractivity contribution in [3.05, 3.63) is 47.7 Å². The Hall–Kier alpha value is -2.31. The number of nitrogens with one attached hydrogen (secondary N) is 1. The van der Waals surface area contributed by atoms with Crippen molar-refractivity contribution in [1.29, 1.82) is 0 Å². The standard InChI is InChI=1S/C15H15F3N2O2/c1-9(11-3-5-12(6-4-11)15(16,17)18)14(22)20-8-7-13(21)19-10(20)2/h3-10H,1-2H3,(H,19,21). The Balaban J connectivity index is 2.17. The summed E-state index contributed by atoms with van der Waals surface area (Å²) in [6.45, 7) is 3.26. The first kappa shape index (κ1) is 16.1. The summed E-state index contributed by atoms with van der Waals surface area (Å²) in [4.78, 5) is 24.9. The van der Waals surface area contributed by atoms with Gasteiger partial charge in [0.1, 0.15) is 6.17 Å². The fourth-order valence-electron chi connectivity index (χ4n) is 2.19. The van der Waals surface area contributed by atoms with Crippen LogP contribution in [0, 0.1) is 0 Å². The topological polar surface area (TPSA) is 49.4 Å². The van der Waals surface area contributed by atoms with Gasteiger partial charge in [-0.05, 0) is 31.5 Å². The van der Waals surface area contributed by atoms with Gasteiger partial charge in [-0.1, -0.05) is 12.1 Å². The first-order valence-corrected chi connectivity index (χ1v) is 6.68. The van der Waals surface area contributed by atoms with Gasteiger partial charge in [-0.25, -0.2) is 0 Å². The number of nitrogens with zero attached hydrogens (tertiary/aromatic N) is 1. The zero-order valence-corrected chi connectivity index (χ0v) is 12.0. The zero-order valence-electron chi connectivity index (χ0n) is 12.0. The molecule has 0 saturated heterocycles. The molecule has 0 aliphatic carbocycles. The largest absolute Gasteiger partial charge is 0.416 e. The van der Waals surface area contributed by atoms with E-state index in [0.717, 1.165) is 12.1 Å². The Bertz CT molecular complexity index is 608. The van der Waals surface area contributed by atoms with E-state index in [9.17, 15) is 22.8 Å². The molecule has 1 heterocycles. The van der Waals surface area contributed by atoms with Crippen LogP contribution in [0.5, 0.6) is 0 Å². The summed E-state index contributed by atoms with van der Waals surface area (Å²) in [6.07, 6.45) is -2.29. The average Bonchev–Trinajstić information content (AvgIpc) is 2.45. The van der Waals surface area contributed by atoms with Gasteiger partial charge >= 0.3 is 6.18 Å². The molecule has 1 aromatic rings. The molecule has 2 unspecified atom stereocenters. The van der Waals surface area contributed by atoms with E-state index < -0.39 is 23.8 Å². The summed E-state index contributed by atoms with van der Waals surface area (Å²) in [7, 11) is 0. The third-order valence-corrected chi connectivity index (χ3v) is 3.52. The fourth-order valence-corrected chi connectivity index (χ4v) is 2.19. The van der Waals surface area contributed by atoms with Crippen molar-refractivity contribution in [3.63, 3.8) is 0 Å². The van der Waals surface area contributed by atoms with E-state index in [2.05, 4.69) is 5.32 Å². The highest BCUT2D eigenvalue weighted by Crippen LogP contribution is 2.30. The van der Waals surface area contributed by atoms with Crippen molar-refractivity contribution in [3.8, 4) is 0 Å². The Morgan fingerprint density at radius 1 is 1.27 bits per heavy atom. The Morgan fingerprint density at radius 3 is 2.36 bits per heavy atom. The maximum atomic E-state index is 12.5. The molecule has 0 spiro atoms. The third kappa shape index (κ3) is 3.29. The normalized spacial score (nSPS) is 19.8. The molecule has 0 saturated carbocycles. The van der Waals surface area contributed by atoms with Crippen LogP contribution in [0.15, 0.2) is 36.5 Å². The van der Waals surface area contributed by atoms with Crippen LogP contribution in [-0.2, 0) is 15.8 Å². The van der Waals surface area contributed by atoms with E-state index in [1.54, 1.807) is 13.8 Å². The lowest BCUT2D eigenvalue weighted by molar-refractivity contribution is -0.137. The van der Waals surface area contributed by atoms with E-state index in [0.29, 0.717) is 5.56 Å². The molecule has 0 bridgehead atoms. The van der Waals surface area contributed by atoms with Crippen LogP contribution < -0.4 is 5.32 Å². The molecule has 0 fully saturated rings. The summed E-state index contributed by atoms with van der Waals surface area (Å²) in [6, 6.07) is 4.50. The molecule has 1 aliphatic rings. The van der Waals surface area contributed by atoms with E-state index in [4.69, 9.17) is 0 Å². The van der Waals surface area contributed by atoms with Gasteiger partial charge in [0.2, 0.25) is 11.8 Å². The van der Waals surface area contributed by atoms with Gasteiger partial charge in [0.05, 0.1) is 11.5 Å². The van der Waals surface area contributed by atoms with Crippen LogP contribution >= 0.6 is 0 Å². The summed E-state index contributed by atoms with van der Waals surface area (Å²) >= 11 is 0. The van der Waals surface area contributed by atoms with Gasteiger partial charge in [-0.15, -0.1) is 0 Å². The van der Waals surface area contributed by atoms with Crippen molar-refractivity contribution in [2.75, 3.05) is 0 Å². The molecule has 2 rings (SSSR count). The molecular formula is C15H15F3N2O2. The number of rotatable bonds is 2. The number of amides is 2. The molecule has 22 heavy (non-hydrogen) atoms. The first-order chi connectivity index (χ1) is 10.2. The third-order valence-electron chi connectivity index (χ3n) is 3.52. The SMILES string of the molecule is CC(C(=O)N1C=CC(=O)NC1C)c1ccc(C(F)(F)F)cc1. The van der Waals surface area contributed by atoms with Crippen molar-refractivity contribution in [1.82, 2.24) is 10.2 Å². The maximum absolute atomic E-state index is 12.5. The van der Waals surface area contributed by atoms with Gasteiger partial charge in [-0.3, -0.25) is 14.5 Å². The Morgan fingerprint density at radius 2 is 1.86 bits per heavy atom. The number of hydrogen-bond donors (Lipinski definition) is 1. The van der Waals surface area contributed by atoms with Crippen molar-refractivity contribution in [2.45, 2.75) is 32.1 Å². The highest BCUT2D eigenvalue weighted by Gasteiger charge is 2.31. The van der Waals surface area contributed by atoms with Gasteiger partial charge in [0.15, 0.2) is 0 Å². The van der Waals surface area contributed by atoms with Crippen LogP contribution in [-0.4, -0.2) is 22.9 Å². The van der Waals surface area contributed by atoms with Crippen LogP contribution in [0.1, 0.15) is 30.9 Å². The highest BCUT2D eigenvalue weighted by molar-refractivity contribution is 5.92. The zero-order chi connectivity index (χ0) is 16.5. The monoisotopic (exact) mass is 312 g/mol. The summed E-state index contributed by atoms with van der Waals surface area (Å²) in [5.41, 5.74) is -0.273. The minimum absolute atomic E-state index is 0.293. The lowest BCUT2D eigenvalue weighted by Crippen LogP contribution is -2.50. The van der Waals surface area contributed by atoms with E-state index in [1.165, 1.54) is 29.3 Å². The number of carbonyl (C=O) groups excluding carboxylic acids is 2. The number of benzene rings is 1. The number of carbonyl (C=O) groups is 2. The lowest BCUT2D eigenvalue weighted by atomic mass is 9.98. The van der Waals surface area contributed by atoms with E-state index in [1.807, 2.05) is 0 Å². The van der Waals surface area contributed by atoms with Crippen molar-refractivity contribution < 1.29 is 22.8 Å². The van der Waals surface area contributed by atoms with Gasteiger partial charge < -0.3 is 5.32 Å². The maximum Gasteiger partial charge on any atom is 0.416 e. The van der Waals surface area contributed by atoms with Crippen LogP contribution in [0.25, 0.3) is 0 Å². The molecule has 0 radical (unpaired) electrons. The summed E-state index contributed by atoms with van der Waals surface area (Å²) < 4.78 is 37.6. The van der Waals surface area contributed by atoms with Crippen LogP contribution in [0.4, 0.5) is 13.2 Å². The number of alkyl halides is 3. The fraction of sp³-hybridized carbons (Fsp3) is 0.333. The smallest absolute Gasteiger partial charge is 0.332 e.